The van der Waals surface area contributed by atoms with Crippen molar-refractivity contribution in [3.05, 3.63) is 71.8 Å². The predicted octanol–water partition coefficient (Wildman–Crippen LogP) is 6.88. The van der Waals surface area contributed by atoms with E-state index in [2.05, 4.69) is 95.0 Å². The van der Waals surface area contributed by atoms with Crippen LogP contribution in [-0.2, 0) is 6.54 Å². The summed E-state index contributed by atoms with van der Waals surface area (Å²) in [5.41, 5.74) is 4.82. The zero-order valence-electron chi connectivity index (χ0n) is 22.2. The molecule has 0 fully saturated rings. The minimum Gasteiger partial charge on any atom is -0.543 e. The van der Waals surface area contributed by atoms with Gasteiger partial charge in [-0.1, -0.05) is 52.8 Å². The average Bonchev–Trinajstić information content (AvgIpc) is 3.24. The zero-order valence-corrected chi connectivity index (χ0v) is 23.2. The summed E-state index contributed by atoms with van der Waals surface area (Å²) in [6.07, 6.45) is 5.90. The highest BCUT2D eigenvalue weighted by molar-refractivity contribution is 6.78. The molecule has 0 bridgehead atoms. The number of fused-ring (bicyclic) bond motifs is 1. The van der Waals surface area contributed by atoms with Gasteiger partial charge in [-0.3, -0.25) is 4.98 Å². The zero-order chi connectivity index (χ0) is 25.4. The van der Waals surface area contributed by atoms with Gasteiger partial charge in [-0.25, -0.2) is 4.68 Å². The summed E-state index contributed by atoms with van der Waals surface area (Å²) in [5.74, 6) is 1.71. The van der Waals surface area contributed by atoms with Gasteiger partial charge in [-0.05, 0) is 60.8 Å². The first-order valence-corrected chi connectivity index (χ1v) is 14.7. The fourth-order valence-electron chi connectivity index (χ4n) is 5.54. The Hall–Kier alpha value is -2.93. The van der Waals surface area contributed by atoms with Crippen molar-refractivity contribution in [3.63, 3.8) is 0 Å². The third kappa shape index (κ3) is 5.05. The van der Waals surface area contributed by atoms with Gasteiger partial charge in [0.1, 0.15) is 22.8 Å². The van der Waals surface area contributed by atoms with Gasteiger partial charge >= 0.3 is 0 Å². The fourth-order valence-corrected chi connectivity index (χ4v) is 10.8. The molecule has 0 radical (unpaired) electrons. The molecule has 0 saturated carbocycles. The van der Waals surface area contributed by atoms with Crippen molar-refractivity contribution in [2.75, 3.05) is 0 Å². The standard InChI is InChI=1S/C28H38N4O2Si/c1-19(2)35(20(3)4,21(5)6)34-23-12-13-24-25(16-28(7,8)33-27(24)15-23)26-18-32(31-30-26)17-22-11-9-10-14-29-22/h9-16,18-21H,17H2,1-8H3. The van der Waals surface area contributed by atoms with E-state index in [1.54, 1.807) is 6.20 Å². The molecule has 3 aromatic rings. The highest BCUT2D eigenvalue weighted by Gasteiger charge is 2.47. The van der Waals surface area contributed by atoms with Crippen LogP contribution in [0.4, 0.5) is 0 Å². The minimum atomic E-state index is -2.07. The van der Waals surface area contributed by atoms with Crippen LogP contribution in [0, 0.1) is 0 Å². The smallest absolute Gasteiger partial charge is 0.258 e. The first-order chi connectivity index (χ1) is 16.5. The number of nitrogens with zero attached hydrogens (tertiary/aromatic N) is 4. The first kappa shape index (κ1) is 25.2. The molecule has 0 saturated heterocycles. The molecule has 186 valence electrons. The summed E-state index contributed by atoms with van der Waals surface area (Å²) in [5, 5.41) is 8.85. The molecule has 1 aliphatic heterocycles. The monoisotopic (exact) mass is 490 g/mol. The molecular weight excluding hydrogens is 452 g/mol. The lowest BCUT2D eigenvalue weighted by molar-refractivity contribution is 0.158. The van der Waals surface area contributed by atoms with E-state index in [0.29, 0.717) is 23.2 Å². The van der Waals surface area contributed by atoms with Crippen LogP contribution in [0.1, 0.15) is 72.3 Å². The van der Waals surface area contributed by atoms with E-state index in [4.69, 9.17) is 9.16 Å². The number of hydrogen-bond acceptors (Lipinski definition) is 5. The number of benzene rings is 1. The molecule has 0 spiro atoms. The maximum atomic E-state index is 6.93. The number of ether oxygens (including phenoxy) is 1. The van der Waals surface area contributed by atoms with E-state index < -0.39 is 13.9 Å². The SMILES string of the molecule is CC(C)[Si](Oc1ccc2c(c1)OC(C)(C)C=C2c1cn(Cc2ccccn2)nn1)(C(C)C)C(C)C. The van der Waals surface area contributed by atoms with Crippen LogP contribution in [0.2, 0.25) is 16.6 Å². The predicted molar refractivity (Wildman–Crippen MR) is 143 cm³/mol. The minimum absolute atomic E-state index is 0.478. The Balaban J connectivity index is 1.67. The fraction of sp³-hybridized carbons (Fsp3) is 0.464. The average molecular weight is 491 g/mol. The van der Waals surface area contributed by atoms with E-state index in [-0.39, 0.29) is 0 Å². The van der Waals surface area contributed by atoms with Gasteiger partial charge in [-0.15, -0.1) is 5.10 Å². The molecular formula is C28H38N4O2Si. The van der Waals surface area contributed by atoms with Crippen LogP contribution in [0.25, 0.3) is 5.57 Å². The van der Waals surface area contributed by atoms with Gasteiger partial charge in [-0.2, -0.15) is 0 Å². The van der Waals surface area contributed by atoms with Gasteiger partial charge in [0.05, 0.1) is 18.4 Å². The molecule has 0 unspecified atom stereocenters. The lowest BCUT2D eigenvalue weighted by atomic mass is 9.93. The number of aromatic nitrogens is 4. The third-order valence-electron chi connectivity index (χ3n) is 6.97. The van der Waals surface area contributed by atoms with E-state index in [0.717, 1.165) is 34.0 Å². The van der Waals surface area contributed by atoms with Gasteiger partial charge in [0.2, 0.25) is 0 Å². The molecule has 0 aliphatic carbocycles. The molecule has 0 amide bonds. The molecule has 1 aliphatic rings. The summed E-state index contributed by atoms with van der Waals surface area (Å²) in [7, 11) is -2.07. The van der Waals surface area contributed by atoms with Crippen molar-refractivity contribution < 1.29 is 9.16 Å². The summed E-state index contributed by atoms with van der Waals surface area (Å²) in [6.45, 7) is 18.5. The van der Waals surface area contributed by atoms with E-state index in [1.807, 2.05) is 29.1 Å². The molecule has 1 aromatic carbocycles. The summed E-state index contributed by atoms with van der Waals surface area (Å²) in [4.78, 5) is 4.40. The number of rotatable bonds is 8. The van der Waals surface area contributed by atoms with Crippen LogP contribution in [0.3, 0.4) is 0 Å². The van der Waals surface area contributed by atoms with Gasteiger partial charge in [0.15, 0.2) is 0 Å². The molecule has 7 heteroatoms. The normalized spacial score (nSPS) is 15.2. The number of pyridine rings is 1. The second-order valence-corrected chi connectivity index (χ2v) is 16.3. The van der Waals surface area contributed by atoms with Crippen LogP contribution in [-0.4, -0.2) is 33.9 Å². The Labute approximate surface area is 210 Å². The highest BCUT2D eigenvalue weighted by Crippen LogP contribution is 2.45. The topological polar surface area (TPSA) is 62.1 Å². The van der Waals surface area contributed by atoms with Crippen molar-refractivity contribution in [2.45, 2.75) is 84.2 Å². The lowest BCUT2D eigenvalue weighted by Gasteiger charge is -2.42. The second kappa shape index (κ2) is 9.61. The first-order valence-electron chi connectivity index (χ1n) is 12.6. The van der Waals surface area contributed by atoms with Crippen molar-refractivity contribution in [1.29, 1.82) is 0 Å². The Morgan fingerprint density at radius 2 is 1.71 bits per heavy atom. The Morgan fingerprint density at radius 3 is 2.34 bits per heavy atom. The van der Waals surface area contributed by atoms with E-state index >= 15 is 0 Å². The largest absolute Gasteiger partial charge is 0.543 e. The molecule has 4 rings (SSSR count). The van der Waals surface area contributed by atoms with Crippen LogP contribution < -0.4 is 9.16 Å². The van der Waals surface area contributed by atoms with Gasteiger partial charge < -0.3 is 9.16 Å². The molecule has 2 aromatic heterocycles. The third-order valence-corrected chi connectivity index (χ3v) is 13.0. The Morgan fingerprint density at radius 1 is 1.00 bits per heavy atom. The summed E-state index contributed by atoms with van der Waals surface area (Å²) in [6, 6.07) is 12.1. The quantitative estimate of drug-likeness (QED) is 0.322. The van der Waals surface area contributed by atoms with Crippen LogP contribution in [0.5, 0.6) is 11.5 Å². The molecule has 0 N–H and O–H groups in total. The van der Waals surface area contributed by atoms with Crippen LogP contribution >= 0.6 is 0 Å². The summed E-state index contributed by atoms with van der Waals surface area (Å²) < 4.78 is 15.2. The maximum Gasteiger partial charge on any atom is 0.258 e. The Bertz CT molecular complexity index is 1180. The summed E-state index contributed by atoms with van der Waals surface area (Å²) >= 11 is 0. The molecule has 0 atom stereocenters. The lowest BCUT2D eigenvalue weighted by Crippen LogP contribution is -2.50. The van der Waals surface area contributed by atoms with Gasteiger partial charge in [0, 0.05) is 23.4 Å². The second-order valence-electron chi connectivity index (χ2n) is 11.0. The van der Waals surface area contributed by atoms with E-state index in [1.165, 1.54) is 0 Å². The molecule has 3 heterocycles. The van der Waals surface area contributed by atoms with Crippen LogP contribution in [0.15, 0.2) is 54.9 Å². The van der Waals surface area contributed by atoms with Gasteiger partial charge in [0.25, 0.3) is 8.32 Å². The number of hydrogen-bond donors (Lipinski definition) is 0. The van der Waals surface area contributed by atoms with Crippen molar-refractivity contribution in [1.82, 2.24) is 20.0 Å². The van der Waals surface area contributed by atoms with Crippen molar-refractivity contribution >= 4 is 13.9 Å². The highest BCUT2D eigenvalue weighted by atomic mass is 28.4. The Kier molecular flexibility index (Phi) is 6.91. The maximum absolute atomic E-state index is 6.93. The van der Waals surface area contributed by atoms with Crippen molar-refractivity contribution in [3.8, 4) is 11.5 Å². The molecule has 6 nitrogen and oxygen atoms in total. The molecule has 35 heavy (non-hydrogen) atoms. The van der Waals surface area contributed by atoms with E-state index in [9.17, 15) is 0 Å². The van der Waals surface area contributed by atoms with Crippen molar-refractivity contribution in [2.24, 2.45) is 0 Å².